The summed E-state index contributed by atoms with van der Waals surface area (Å²) in [4.78, 5) is 11.6. The van der Waals surface area contributed by atoms with E-state index >= 15 is 0 Å². The fraction of sp³-hybridized carbons (Fsp3) is 0.156. The Kier molecular flexibility index (Phi) is 7.98. The summed E-state index contributed by atoms with van der Waals surface area (Å²) in [5.41, 5.74) is 3.72. The molecule has 2 aliphatic heterocycles. The number of carbonyl (C=O) groups is 1. The molecule has 3 N–H and O–H groups in total. The van der Waals surface area contributed by atoms with Crippen LogP contribution in [-0.2, 0) is 0 Å². The molecular weight excluding hydrogens is 524 g/mol. The van der Waals surface area contributed by atoms with Gasteiger partial charge in [-0.2, -0.15) is 0 Å². The fourth-order valence-corrected chi connectivity index (χ4v) is 4.45. The van der Waals surface area contributed by atoms with Gasteiger partial charge in [0, 0.05) is 40.2 Å². The lowest BCUT2D eigenvalue weighted by Gasteiger charge is -2.39. The molecule has 9 nitrogen and oxygen atoms in total. The van der Waals surface area contributed by atoms with Gasteiger partial charge in [0.25, 0.3) is 5.79 Å². The minimum Gasteiger partial charge on any atom is -0.497 e. The van der Waals surface area contributed by atoms with E-state index in [1.165, 1.54) is 0 Å². The highest BCUT2D eigenvalue weighted by Gasteiger charge is 2.44. The van der Waals surface area contributed by atoms with Crippen molar-refractivity contribution in [3.63, 3.8) is 0 Å². The van der Waals surface area contributed by atoms with Crippen LogP contribution < -0.4 is 34.3 Å². The molecule has 210 valence electrons. The molecule has 4 aromatic carbocycles. The largest absolute Gasteiger partial charge is 0.497 e. The van der Waals surface area contributed by atoms with Gasteiger partial charge in [-0.1, -0.05) is 36.4 Å². The number of fused-ring (bicyclic) bond motifs is 4. The van der Waals surface area contributed by atoms with Crippen LogP contribution in [0, 0.1) is 0 Å². The number of rotatable bonds is 5. The van der Waals surface area contributed by atoms with E-state index in [0.29, 0.717) is 39.9 Å². The number of urea groups is 1. The van der Waals surface area contributed by atoms with E-state index in [1.807, 2.05) is 78.9 Å². The van der Waals surface area contributed by atoms with Crippen LogP contribution in [0.4, 0.5) is 16.2 Å². The first-order chi connectivity index (χ1) is 19.9. The topological polar surface area (TPSA) is 108 Å². The molecule has 0 saturated carbocycles. The predicted molar refractivity (Wildman–Crippen MR) is 157 cm³/mol. The fourth-order valence-electron chi connectivity index (χ4n) is 4.45. The molecular formula is C32H30N2O7. The van der Waals surface area contributed by atoms with Crippen LogP contribution in [0.1, 0.15) is 11.1 Å². The summed E-state index contributed by atoms with van der Waals surface area (Å²) >= 11 is 0. The molecule has 2 aliphatic rings. The standard InChI is InChI=1S/C19H18O6.C13H12N2O/c1-21-12-5-4-11-6-14-13-8-17(22-2)18(23-3)9-16(13)24-10-19(14,20)25-15(11)7-12;16-13(14-11-7-3-1-4-8-11)15-12-9-5-2-6-10-12/h4-9,20H,10H2,1-3H3;1-10H,(H2,14,15,16). The van der Waals surface area contributed by atoms with E-state index in [0.717, 1.165) is 16.9 Å². The van der Waals surface area contributed by atoms with Gasteiger partial charge in [0.05, 0.1) is 21.3 Å². The molecule has 4 aromatic rings. The Morgan fingerprint density at radius 1 is 0.780 bits per heavy atom. The van der Waals surface area contributed by atoms with Crippen molar-refractivity contribution in [1.82, 2.24) is 0 Å². The van der Waals surface area contributed by atoms with Gasteiger partial charge in [0.1, 0.15) is 17.2 Å². The lowest BCUT2D eigenvalue weighted by Crippen LogP contribution is -2.47. The molecule has 0 radical (unpaired) electrons. The van der Waals surface area contributed by atoms with Gasteiger partial charge in [-0.05, 0) is 48.5 Å². The molecule has 2 heterocycles. The molecule has 6 rings (SSSR count). The van der Waals surface area contributed by atoms with E-state index in [1.54, 1.807) is 39.5 Å². The zero-order valence-electron chi connectivity index (χ0n) is 22.8. The zero-order valence-corrected chi connectivity index (χ0v) is 22.8. The van der Waals surface area contributed by atoms with Crippen LogP contribution in [0.25, 0.3) is 11.6 Å². The van der Waals surface area contributed by atoms with Crippen molar-refractivity contribution < 1.29 is 33.6 Å². The molecule has 41 heavy (non-hydrogen) atoms. The lowest BCUT2D eigenvalue weighted by molar-refractivity contribution is -0.116. The Balaban J connectivity index is 0.000000182. The van der Waals surface area contributed by atoms with Crippen LogP contribution in [0.3, 0.4) is 0 Å². The number of amides is 2. The molecule has 1 atom stereocenters. The van der Waals surface area contributed by atoms with Crippen molar-refractivity contribution in [3.05, 3.63) is 102 Å². The third-order valence-electron chi connectivity index (χ3n) is 6.48. The maximum Gasteiger partial charge on any atom is 0.323 e. The van der Waals surface area contributed by atoms with E-state index < -0.39 is 5.79 Å². The summed E-state index contributed by atoms with van der Waals surface area (Å²) in [5, 5.41) is 16.5. The highest BCUT2D eigenvalue weighted by molar-refractivity contribution is 5.99. The first kappa shape index (κ1) is 27.4. The highest BCUT2D eigenvalue weighted by atomic mass is 16.7. The summed E-state index contributed by atoms with van der Waals surface area (Å²) in [6, 6.07) is 27.4. The van der Waals surface area contributed by atoms with Crippen LogP contribution in [0.15, 0.2) is 91.0 Å². The first-order valence-electron chi connectivity index (χ1n) is 12.8. The Hall–Kier alpha value is -5.15. The number of anilines is 2. The van der Waals surface area contributed by atoms with Crippen LogP contribution in [-0.4, -0.2) is 44.9 Å². The maximum absolute atomic E-state index is 11.6. The summed E-state index contributed by atoms with van der Waals surface area (Å²) in [6.07, 6.45) is 1.89. The quantitative estimate of drug-likeness (QED) is 0.275. The Labute approximate surface area is 237 Å². The summed E-state index contributed by atoms with van der Waals surface area (Å²) in [7, 11) is 4.71. The number of carbonyl (C=O) groups excluding carboxylic acids is 1. The molecule has 0 aliphatic carbocycles. The first-order valence-corrected chi connectivity index (χ1v) is 12.8. The predicted octanol–water partition coefficient (Wildman–Crippen LogP) is 6.06. The summed E-state index contributed by atoms with van der Waals surface area (Å²) in [5.74, 6) is 1.34. The van der Waals surface area contributed by atoms with Crippen molar-refractivity contribution in [2.75, 3.05) is 38.6 Å². The monoisotopic (exact) mass is 554 g/mol. The lowest BCUT2D eigenvalue weighted by atomic mass is 9.90. The third kappa shape index (κ3) is 6.05. The van der Waals surface area contributed by atoms with E-state index in [9.17, 15) is 9.90 Å². The van der Waals surface area contributed by atoms with Gasteiger partial charge in [-0.25, -0.2) is 4.79 Å². The minimum atomic E-state index is -1.58. The molecule has 9 heteroatoms. The Bertz CT molecular complexity index is 1510. The van der Waals surface area contributed by atoms with Crippen molar-refractivity contribution in [2.24, 2.45) is 0 Å². The summed E-state index contributed by atoms with van der Waals surface area (Å²) < 4.78 is 27.5. The van der Waals surface area contributed by atoms with Gasteiger partial charge in [0.2, 0.25) is 0 Å². The zero-order chi connectivity index (χ0) is 28.8. The Morgan fingerprint density at radius 3 is 1.98 bits per heavy atom. The van der Waals surface area contributed by atoms with Gasteiger partial charge in [-0.3, -0.25) is 0 Å². The second-order valence-electron chi connectivity index (χ2n) is 9.15. The number of aliphatic hydroxyl groups is 1. The van der Waals surface area contributed by atoms with Crippen molar-refractivity contribution in [2.45, 2.75) is 5.79 Å². The SMILES string of the molecule is COc1ccc2c(c1)OC1(O)COc3cc(OC)c(OC)cc3C1=C2.O=C(Nc1ccccc1)Nc1ccccc1. The number of para-hydroxylation sites is 2. The molecule has 0 aromatic heterocycles. The normalized spacial score (nSPS) is 16.0. The van der Waals surface area contributed by atoms with Crippen LogP contribution >= 0.6 is 0 Å². The third-order valence-corrected chi connectivity index (χ3v) is 6.48. The van der Waals surface area contributed by atoms with E-state index in [-0.39, 0.29) is 12.6 Å². The number of ether oxygens (including phenoxy) is 5. The minimum absolute atomic E-state index is 0.0298. The second-order valence-corrected chi connectivity index (χ2v) is 9.15. The van der Waals surface area contributed by atoms with E-state index in [4.69, 9.17) is 23.7 Å². The van der Waals surface area contributed by atoms with Crippen molar-refractivity contribution in [3.8, 4) is 28.7 Å². The van der Waals surface area contributed by atoms with Crippen LogP contribution in [0.2, 0.25) is 0 Å². The smallest absolute Gasteiger partial charge is 0.323 e. The molecule has 1 unspecified atom stereocenters. The number of hydrogen-bond acceptors (Lipinski definition) is 7. The number of methoxy groups -OCH3 is 3. The Morgan fingerprint density at radius 2 is 1.39 bits per heavy atom. The molecule has 2 amide bonds. The molecule has 0 fully saturated rings. The van der Waals surface area contributed by atoms with E-state index in [2.05, 4.69) is 10.6 Å². The highest BCUT2D eigenvalue weighted by Crippen LogP contribution is 2.49. The van der Waals surface area contributed by atoms with Gasteiger partial charge in [-0.15, -0.1) is 0 Å². The average molecular weight is 555 g/mol. The van der Waals surface area contributed by atoms with Crippen molar-refractivity contribution >= 4 is 29.1 Å². The maximum atomic E-state index is 11.6. The van der Waals surface area contributed by atoms with Crippen LogP contribution in [0.5, 0.6) is 28.7 Å². The van der Waals surface area contributed by atoms with Gasteiger partial charge in [0.15, 0.2) is 18.1 Å². The molecule has 0 saturated heterocycles. The average Bonchev–Trinajstić information content (AvgIpc) is 3.00. The molecule has 0 bridgehead atoms. The number of benzene rings is 4. The van der Waals surface area contributed by atoms with Crippen molar-refractivity contribution in [1.29, 1.82) is 0 Å². The number of nitrogens with one attached hydrogen (secondary N) is 2. The molecule has 0 spiro atoms. The second kappa shape index (κ2) is 11.9. The number of hydrogen-bond donors (Lipinski definition) is 3. The van der Waals surface area contributed by atoms with Gasteiger partial charge < -0.3 is 39.4 Å². The summed E-state index contributed by atoms with van der Waals surface area (Å²) in [6.45, 7) is -0.0298. The van der Waals surface area contributed by atoms with Gasteiger partial charge >= 0.3 is 6.03 Å².